The van der Waals surface area contributed by atoms with Gasteiger partial charge in [0.15, 0.2) is 0 Å². The van der Waals surface area contributed by atoms with Crippen molar-refractivity contribution in [1.29, 1.82) is 0 Å². The highest BCUT2D eigenvalue weighted by Crippen LogP contribution is 2.24. The number of amides is 1. The Balaban J connectivity index is 1.47. The number of carbonyl (C=O) groups is 1. The summed E-state index contributed by atoms with van der Waals surface area (Å²) in [7, 11) is -3.95. The third-order valence-electron chi connectivity index (χ3n) is 4.82. The van der Waals surface area contributed by atoms with Crippen LogP contribution in [0.2, 0.25) is 5.02 Å². The molecule has 11 heteroatoms. The van der Waals surface area contributed by atoms with Gasteiger partial charge in [-0.05, 0) is 55.0 Å². The molecule has 0 saturated heterocycles. The molecule has 0 fully saturated rings. The zero-order valence-electron chi connectivity index (χ0n) is 17.9. The van der Waals surface area contributed by atoms with Gasteiger partial charge in [0.2, 0.25) is 0 Å². The number of benzene rings is 3. The van der Waals surface area contributed by atoms with Crippen LogP contribution >= 0.6 is 11.6 Å². The van der Waals surface area contributed by atoms with Crippen molar-refractivity contribution in [2.75, 3.05) is 4.72 Å². The van der Waals surface area contributed by atoms with Crippen LogP contribution in [0.15, 0.2) is 95.4 Å². The smallest absolute Gasteiger partial charge is 0.271 e. The van der Waals surface area contributed by atoms with Crippen LogP contribution in [-0.2, 0) is 10.0 Å². The number of hydrazone groups is 1. The quantitative estimate of drug-likeness (QED) is 0.298. The van der Waals surface area contributed by atoms with Crippen LogP contribution in [0, 0.1) is 0 Å². The van der Waals surface area contributed by atoms with Gasteiger partial charge < -0.3 is 0 Å². The van der Waals surface area contributed by atoms with Crippen molar-refractivity contribution in [3.8, 4) is 5.69 Å². The summed E-state index contributed by atoms with van der Waals surface area (Å²) in [6.07, 6.45) is 3.04. The molecule has 0 aliphatic carbocycles. The number of nitrogens with one attached hydrogen (secondary N) is 2. The Hall–Kier alpha value is -4.02. The number of aromatic nitrogens is 3. The summed E-state index contributed by atoms with van der Waals surface area (Å²) >= 11 is 6.04. The van der Waals surface area contributed by atoms with Crippen molar-refractivity contribution >= 4 is 38.9 Å². The monoisotopic (exact) mass is 494 g/mol. The van der Waals surface area contributed by atoms with Gasteiger partial charge in [0.05, 0.1) is 27.0 Å². The van der Waals surface area contributed by atoms with Crippen LogP contribution in [0.3, 0.4) is 0 Å². The zero-order chi connectivity index (χ0) is 24.1. The molecule has 0 saturated carbocycles. The molecule has 0 atom stereocenters. The first-order valence-electron chi connectivity index (χ1n) is 10.0. The van der Waals surface area contributed by atoms with Gasteiger partial charge in [-0.15, -0.1) is 0 Å². The number of halogens is 1. The average Bonchev–Trinajstić information content (AvgIpc) is 3.39. The third kappa shape index (κ3) is 5.30. The summed E-state index contributed by atoms with van der Waals surface area (Å²) < 4.78 is 29.6. The minimum Gasteiger partial charge on any atom is -0.278 e. The number of nitrogens with zero attached hydrogens (tertiary/aromatic N) is 4. The van der Waals surface area contributed by atoms with Crippen molar-refractivity contribution < 1.29 is 13.2 Å². The first-order valence-corrected chi connectivity index (χ1v) is 11.9. The van der Waals surface area contributed by atoms with E-state index >= 15 is 0 Å². The molecule has 0 unspecified atom stereocenters. The van der Waals surface area contributed by atoms with Crippen molar-refractivity contribution in [2.45, 2.75) is 11.8 Å². The Labute approximate surface area is 201 Å². The minimum absolute atomic E-state index is 0.0792. The van der Waals surface area contributed by atoms with Crippen LogP contribution in [-0.4, -0.2) is 34.8 Å². The van der Waals surface area contributed by atoms with Gasteiger partial charge in [-0.25, -0.2) is 23.5 Å². The third-order valence-corrected chi connectivity index (χ3v) is 6.51. The van der Waals surface area contributed by atoms with Crippen LogP contribution < -0.4 is 10.1 Å². The average molecular weight is 495 g/mol. The Morgan fingerprint density at radius 2 is 1.76 bits per heavy atom. The predicted molar refractivity (Wildman–Crippen MR) is 130 cm³/mol. The van der Waals surface area contributed by atoms with E-state index in [1.54, 1.807) is 42.2 Å². The van der Waals surface area contributed by atoms with E-state index in [1.165, 1.54) is 30.6 Å². The van der Waals surface area contributed by atoms with Gasteiger partial charge in [0.25, 0.3) is 15.9 Å². The topological polar surface area (TPSA) is 118 Å². The van der Waals surface area contributed by atoms with E-state index in [0.29, 0.717) is 5.71 Å². The fraction of sp³-hybridized carbons (Fsp3) is 0.0435. The first-order chi connectivity index (χ1) is 16.3. The number of hydrogen-bond acceptors (Lipinski definition) is 6. The van der Waals surface area contributed by atoms with E-state index in [1.807, 2.05) is 24.3 Å². The fourth-order valence-corrected chi connectivity index (χ4v) is 4.38. The van der Waals surface area contributed by atoms with E-state index in [0.717, 1.165) is 11.3 Å². The predicted octanol–water partition coefficient (Wildman–Crippen LogP) is 3.88. The maximum Gasteiger partial charge on any atom is 0.271 e. The second-order valence-electron chi connectivity index (χ2n) is 7.14. The van der Waals surface area contributed by atoms with Crippen molar-refractivity contribution in [2.24, 2.45) is 5.10 Å². The minimum atomic E-state index is -3.95. The van der Waals surface area contributed by atoms with Gasteiger partial charge in [0, 0.05) is 5.56 Å². The van der Waals surface area contributed by atoms with Crippen LogP contribution in [0.25, 0.3) is 5.69 Å². The molecule has 4 aromatic rings. The summed E-state index contributed by atoms with van der Waals surface area (Å²) in [6, 6.07) is 19.5. The molecule has 0 radical (unpaired) electrons. The summed E-state index contributed by atoms with van der Waals surface area (Å²) in [6.45, 7) is 1.75. The Kier molecular flexibility index (Phi) is 6.71. The van der Waals surface area contributed by atoms with E-state index in [2.05, 4.69) is 25.3 Å². The lowest BCUT2D eigenvalue weighted by atomic mass is 10.1. The van der Waals surface area contributed by atoms with Crippen molar-refractivity contribution in [3.63, 3.8) is 0 Å². The standard InChI is InChI=1S/C23H19ClN6O3S/c1-16(17-9-11-19(12-10-17)30-15-25-14-26-30)27-28-23(31)18-5-4-6-20(13-18)34(32,33)29-22-8-3-2-7-21(22)24/h2-15,29H,1H3,(H,28,31)/b27-16+. The Morgan fingerprint density at radius 3 is 2.47 bits per heavy atom. The van der Waals surface area contributed by atoms with Gasteiger partial charge in [-0.1, -0.05) is 41.9 Å². The highest BCUT2D eigenvalue weighted by molar-refractivity contribution is 7.92. The van der Waals surface area contributed by atoms with Gasteiger partial charge >= 0.3 is 0 Å². The fourth-order valence-electron chi connectivity index (χ4n) is 3.01. The Morgan fingerprint density at radius 1 is 1.00 bits per heavy atom. The summed E-state index contributed by atoms with van der Waals surface area (Å²) in [5, 5.41) is 8.47. The highest BCUT2D eigenvalue weighted by Gasteiger charge is 2.17. The number of sulfonamides is 1. The molecule has 1 aromatic heterocycles. The number of para-hydroxylation sites is 1. The number of anilines is 1. The molecule has 34 heavy (non-hydrogen) atoms. The molecular formula is C23H19ClN6O3S. The summed E-state index contributed by atoms with van der Waals surface area (Å²) in [5.74, 6) is -0.548. The molecule has 9 nitrogen and oxygen atoms in total. The van der Waals surface area contributed by atoms with E-state index in [-0.39, 0.29) is 21.2 Å². The van der Waals surface area contributed by atoms with E-state index in [4.69, 9.17) is 11.6 Å². The second-order valence-corrected chi connectivity index (χ2v) is 9.23. The molecule has 172 valence electrons. The maximum atomic E-state index is 12.8. The SMILES string of the molecule is C/C(=N\NC(=O)c1cccc(S(=O)(=O)Nc2ccccc2Cl)c1)c1ccc(-n2cncn2)cc1. The van der Waals surface area contributed by atoms with Crippen LogP contribution in [0.1, 0.15) is 22.8 Å². The largest absolute Gasteiger partial charge is 0.278 e. The lowest BCUT2D eigenvalue weighted by molar-refractivity contribution is 0.0954. The van der Waals surface area contributed by atoms with E-state index < -0.39 is 15.9 Å². The van der Waals surface area contributed by atoms with Crippen molar-refractivity contribution in [1.82, 2.24) is 20.2 Å². The highest BCUT2D eigenvalue weighted by atomic mass is 35.5. The van der Waals surface area contributed by atoms with Crippen LogP contribution in [0.4, 0.5) is 5.69 Å². The van der Waals surface area contributed by atoms with Gasteiger partial charge in [-0.3, -0.25) is 9.52 Å². The maximum absolute atomic E-state index is 12.8. The number of hydrogen-bond donors (Lipinski definition) is 2. The molecular weight excluding hydrogens is 476 g/mol. The van der Waals surface area contributed by atoms with Crippen molar-refractivity contribution in [3.05, 3.63) is 102 Å². The molecule has 0 aliphatic rings. The molecule has 1 amide bonds. The first kappa shape index (κ1) is 23.1. The molecule has 4 rings (SSSR count). The molecule has 0 spiro atoms. The Bertz CT molecular complexity index is 1450. The number of carbonyl (C=O) groups excluding carboxylic acids is 1. The molecule has 3 aromatic carbocycles. The second kappa shape index (κ2) is 9.86. The lowest BCUT2D eigenvalue weighted by Crippen LogP contribution is -2.20. The van der Waals surface area contributed by atoms with Gasteiger partial charge in [-0.2, -0.15) is 10.2 Å². The summed E-state index contributed by atoms with van der Waals surface area (Å²) in [5.41, 5.74) is 5.05. The lowest BCUT2D eigenvalue weighted by Gasteiger charge is -2.10. The number of rotatable bonds is 7. The molecule has 0 bridgehead atoms. The summed E-state index contributed by atoms with van der Waals surface area (Å²) in [4.78, 5) is 16.4. The molecule has 2 N–H and O–H groups in total. The molecule has 0 aliphatic heterocycles. The normalized spacial score (nSPS) is 11.8. The molecule has 1 heterocycles. The van der Waals surface area contributed by atoms with Crippen LogP contribution in [0.5, 0.6) is 0 Å². The zero-order valence-corrected chi connectivity index (χ0v) is 19.5. The van der Waals surface area contributed by atoms with E-state index in [9.17, 15) is 13.2 Å². The van der Waals surface area contributed by atoms with Gasteiger partial charge in [0.1, 0.15) is 12.7 Å².